The number of nitrogens with zero attached hydrogens (tertiary/aromatic N) is 4. The Hall–Kier alpha value is -3.35. The number of rotatable bonds is 5. The van der Waals surface area contributed by atoms with Crippen molar-refractivity contribution in [3.8, 4) is 6.07 Å². The predicted octanol–water partition coefficient (Wildman–Crippen LogP) is 1.08. The first kappa shape index (κ1) is 15.0. The molecule has 0 aliphatic rings. The number of carboxylic acids is 1. The van der Waals surface area contributed by atoms with Gasteiger partial charge in [-0.15, -0.1) is 10.2 Å². The summed E-state index contributed by atoms with van der Waals surface area (Å²) in [7, 11) is 0. The second kappa shape index (κ2) is 6.40. The molecule has 0 aliphatic carbocycles. The van der Waals surface area contributed by atoms with Crippen molar-refractivity contribution in [3.05, 3.63) is 41.4 Å². The molecule has 3 N–H and O–H groups in total. The fourth-order valence-corrected chi connectivity index (χ4v) is 1.57. The van der Waals surface area contributed by atoms with Gasteiger partial charge in [0.15, 0.2) is 11.6 Å². The zero-order chi connectivity index (χ0) is 16.1. The molecule has 0 unspecified atom stereocenters. The number of anilines is 1. The van der Waals surface area contributed by atoms with Crippen LogP contribution in [0.4, 0.5) is 14.5 Å². The fourth-order valence-electron chi connectivity index (χ4n) is 1.57. The zero-order valence-electron chi connectivity index (χ0n) is 10.8. The number of carbonyl (C=O) groups is 1. The molecule has 1 aromatic heterocycles. The lowest BCUT2D eigenvalue weighted by molar-refractivity contribution is -0.136. The van der Waals surface area contributed by atoms with Gasteiger partial charge in [0.2, 0.25) is 5.82 Å². The quantitative estimate of drug-likeness (QED) is 0.705. The minimum atomic E-state index is -1.28. The highest BCUT2D eigenvalue weighted by Gasteiger charge is 2.15. The van der Waals surface area contributed by atoms with E-state index in [-0.39, 0.29) is 22.6 Å². The van der Waals surface area contributed by atoms with E-state index in [2.05, 4.69) is 25.9 Å². The lowest BCUT2D eigenvalue weighted by Gasteiger charge is -2.07. The molecule has 8 nitrogen and oxygen atoms in total. The highest BCUT2D eigenvalue weighted by atomic mass is 19.2. The van der Waals surface area contributed by atoms with Gasteiger partial charge in [-0.2, -0.15) is 10.5 Å². The van der Waals surface area contributed by atoms with Crippen LogP contribution in [0, 0.1) is 23.0 Å². The van der Waals surface area contributed by atoms with E-state index >= 15 is 0 Å². The Morgan fingerprint density at radius 2 is 2.23 bits per heavy atom. The second-order valence-corrected chi connectivity index (χ2v) is 4.02. The van der Waals surface area contributed by atoms with E-state index in [0.29, 0.717) is 0 Å². The van der Waals surface area contributed by atoms with Gasteiger partial charge in [0.1, 0.15) is 11.6 Å². The molecule has 0 saturated heterocycles. The van der Waals surface area contributed by atoms with Gasteiger partial charge in [0.25, 0.3) is 0 Å². The van der Waals surface area contributed by atoms with Crippen LogP contribution in [0.1, 0.15) is 11.4 Å². The number of H-pyrrole nitrogens is 1. The third-order valence-electron chi connectivity index (χ3n) is 2.58. The highest BCUT2D eigenvalue weighted by molar-refractivity contribution is 5.74. The number of nitriles is 1. The van der Waals surface area contributed by atoms with Crippen molar-refractivity contribution < 1.29 is 18.7 Å². The van der Waals surface area contributed by atoms with E-state index in [9.17, 15) is 13.6 Å². The Bertz CT molecular complexity index is 767. The van der Waals surface area contributed by atoms with Crippen LogP contribution in [-0.4, -0.2) is 31.7 Å². The van der Waals surface area contributed by atoms with E-state index in [1.165, 1.54) is 6.07 Å². The number of carboxylic acid groups (broad SMARTS) is 1. The predicted molar refractivity (Wildman–Crippen MR) is 69.1 cm³/mol. The number of benzene rings is 1. The molecule has 0 atom stereocenters. The maximum absolute atomic E-state index is 13.8. The molecule has 0 saturated carbocycles. The van der Waals surface area contributed by atoms with Gasteiger partial charge in [0.05, 0.1) is 12.1 Å². The summed E-state index contributed by atoms with van der Waals surface area (Å²) < 4.78 is 27.5. The molecule has 1 aromatic carbocycles. The molecule has 10 heteroatoms. The highest BCUT2D eigenvalue weighted by Crippen LogP contribution is 2.21. The number of aromatic amines is 1. The maximum Gasteiger partial charge on any atom is 0.307 e. The normalized spacial score (nSPS) is 11.0. The number of halogens is 2. The maximum atomic E-state index is 13.8. The monoisotopic (exact) mass is 306 g/mol. The SMILES string of the molecule is N#CC(=CNc1ccc(CC(=O)O)c(F)c1F)c1nn[nH]n1. The second-order valence-electron chi connectivity index (χ2n) is 4.02. The number of hydrogen-bond acceptors (Lipinski definition) is 6. The number of tetrazole rings is 1. The van der Waals surface area contributed by atoms with E-state index in [1.807, 2.05) is 0 Å². The lowest BCUT2D eigenvalue weighted by Crippen LogP contribution is -2.06. The molecule has 0 aliphatic heterocycles. The summed E-state index contributed by atoms with van der Waals surface area (Å²) in [6.07, 6.45) is 0.449. The summed E-state index contributed by atoms with van der Waals surface area (Å²) >= 11 is 0. The van der Waals surface area contributed by atoms with Gasteiger partial charge in [-0.3, -0.25) is 4.79 Å². The number of aromatic nitrogens is 4. The average molecular weight is 306 g/mol. The van der Waals surface area contributed by atoms with Gasteiger partial charge in [-0.25, -0.2) is 8.78 Å². The standard InChI is InChI=1S/C12H8F2N6O2/c13-10-6(3-9(21)22)1-2-8(11(10)14)16-5-7(4-15)12-17-19-20-18-12/h1-2,5,16H,3H2,(H,21,22)(H,17,18,19,20). The van der Waals surface area contributed by atoms with E-state index in [4.69, 9.17) is 10.4 Å². The summed E-state index contributed by atoms with van der Waals surface area (Å²) in [6.45, 7) is 0. The first-order valence-corrected chi connectivity index (χ1v) is 5.82. The molecule has 0 spiro atoms. The summed E-state index contributed by atoms with van der Waals surface area (Å²) in [5.74, 6) is -3.81. The van der Waals surface area contributed by atoms with E-state index in [1.54, 1.807) is 6.07 Å². The van der Waals surface area contributed by atoms with Gasteiger partial charge < -0.3 is 10.4 Å². The molecule has 1 heterocycles. The molecule has 0 fully saturated rings. The third kappa shape index (κ3) is 3.21. The molecule has 0 radical (unpaired) electrons. The number of aliphatic carboxylic acids is 1. The summed E-state index contributed by atoms with van der Waals surface area (Å²) in [4.78, 5) is 10.5. The molecular weight excluding hydrogens is 298 g/mol. The first-order chi connectivity index (χ1) is 10.5. The zero-order valence-corrected chi connectivity index (χ0v) is 10.8. The van der Waals surface area contributed by atoms with Crippen molar-refractivity contribution in [2.24, 2.45) is 0 Å². The van der Waals surface area contributed by atoms with Crippen molar-refractivity contribution in [2.45, 2.75) is 6.42 Å². The molecule has 0 amide bonds. The van der Waals surface area contributed by atoms with Crippen molar-refractivity contribution in [3.63, 3.8) is 0 Å². The van der Waals surface area contributed by atoms with Crippen LogP contribution in [0.15, 0.2) is 18.3 Å². The average Bonchev–Trinajstić information content (AvgIpc) is 3.00. The number of hydrogen-bond donors (Lipinski definition) is 3. The van der Waals surface area contributed by atoms with Gasteiger partial charge in [-0.1, -0.05) is 6.07 Å². The topological polar surface area (TPSA) is 128 Å². The lowest BCUT2D eigenvalue weighted by atomic mass is 10.1. The Kier molecular flexibility index (Phi) is 4.38. The van der Waals surface area contributed by atoms with Crippen molar-refractivity contribution >= 4 is 17.2 Å². The largest absolute Gasteiger partial charge is 0.481 e. The van der Waals surface area contributed by atoms with Crippen LogP contribution >= 0.6 is 0 Å². The molecule has 0 bridgehead atoms. The van der Waals surface area contributed by atoms with Crippen molar-refractivity contribution in [1.29, 1.82) is 5.26 Å². The van der Waals surface area contributed by atoms with Crippen LogP contribution in [0.25, 0.3) is 5.57 Å². The van der Waals surface area contributed by atoms with Crippen LogP contribution in [0.3, 0.4) is 0 Å². The van der Waals surface area contributed by atoms with Gasteiger partial charge in [-0.05, 0) is 11.3 Å². The first-order valence-electron chi connectivity index (χ1n) is 5.82. The Labute approximate surface area is 122 Å². The van der Waals surface area contributed by atoms with Crippen LogP contribution in [0.5, 0.6) is 0 Å². The summed E-state index contributed by atoms with van der Waals surface area (Å²) in [5, 5.41) is 32.5. The van der Waals surface area contributed by atoms with Crippen LogP contribution in [-0.2, 0) is 11.2 Å². The van der Waals surface area contributed by atoms with Crippen molar-refractivity contribution in [2.75, 3.05) is 5.32 Å². The Balaban J connectivity index is 2.25. The van der Waals surface area contributed by atoms with E-state index < -0.39 is 24.0 Å². The number of nitrogens with one attached hydrogen (secondary N) is 2. The molecule has 112 valence electrons. The molecular formula is C12H8F2N6O2. The third-order valence-corrected chi connectivity index (χ3v) is 2.58. The summed E-state index contributed by atoms with van der Waals surface area (Å²) in [5.41, 5.74) is -0.593. The minimum Gasteiger partial charge on any atom is -0.481 e. The Morgan fingerprint density at radius 3 is 2.82 bits per heavy atom. The van der Waals surface area contributed by atoms with Gasteiger partial charge in [0, 0.05) is 11.8 Å². The smallest absolute Gasteiger partial charge is 0.307 e. The molecule has 2 rings (SSSR count). The number of allylic oxidation sites excluding steroid dienone is 1. The fraction of sp³-hybridized carbons (Fsp3) is 0.0833. The molecule has 22 heavy (non-hydrogen) atoms. The Morgan fingerprint density at radius 1 is 1.45 bits per heavy atom. The van der Waals surface area contributed by atoms with Crippen molar-refractivity contribution in [1.82, 2.24) is 20.6 Å². The van der Waals surface area contributed by atoms with Crippen LogP contribution < -0.4 is 5.32 Å². The van der Waals surface area contributed by atoms with E-state index in [0.717, 1.165) is 12.3 Å². The van der Waals surface area contributed by atoms with Gasteiger partial charge >= 0.3 is 5.97 Å². The van der Waals surface area contributed by atoms with Crippen LogP contribution in [0.2, 0.25) is 0 Å². The minimum absolute atomic E-state index is 0.0154. The summed E-state index contributed by atoms with van der Waals surface area (Å²) in [6, 6.07) is 4.07. The molecule has 2 aromatic rings.